The summed E-state index contributed by atoms with van der Waals surface area (Å²) in [6.07, 6.45) is 8.60. The smallest absolute Gasteiger partial charge is 0.230 e. The molecule has 0 fully saturated rings. The molecule has 2 aliphatic heterocycles. The second kappa shape index (κ2) is 10.5. The highest BCUT2D eigenvalue weighted by Gasteiger charge is 2.22. The van der Waals surface area contributed by atoms with Gasteiger partial charge in [0.15, 0.2) is 23.0 Å². The minimum Gasteiger partial charge on any atom is -0.493 e. The largest absolute Gasteiger partial charge is 0.493 e. The summed E-state index contributed by atoms with van der Waals surface area (Å²) in [6.45, 7) is 1.01. The molecule has 184 valence electrons. The lowest BCUT2D eigenvalue weighted by molar-refractivity contribution is -0.128. The van der Waals surface area contributed by atoms with Crippen molar-refractivity contribution in [2.24, 2.45) is 0 Å². The first-order valence-corrected chi connectivity index (χ1v) is 11.4. The number of hydrogen-bond acceptors (Lipinski definition) is 6. The fourth-order valence-electron chi connectivity index (χ4n) is 4.34. The Balaban J connectivity index is 1.40. The van der Waals surface area contributed by atoms with E-state index in [1.165, 1.54) is 0 Å². The number of nitrogens with zero attached hydrogens (tertiary/aromatic N) is 2. The Morgan fingerprint density at radius 3 is 1.37 bits per heavy atom. The van der Waals surface area contributed by atoms with Gasteiger partial charge < -0.3 is 28.7 Å². The van der Waals surface area contributed by atoms with Crippen molar-refractivity contribution in [1.82, 2.24) is 9.80 Å². The number of methoxy groups -OCH3 is 4. The normalized spacial score (nSPS) is 14.7. The van der Waals surface area contributed by atoms with Crippen molar-refractivity contribution < 1.29 is 28.5 Å². The highest BCUT2D eigenvalue weighted by molar-refractivity contribution is 5.85. The van der Waals surface area contributed by atoms with Crippen LogP contribution in [0.3, 0.4) is 0 Å². The van der Waals surface area contributed by atoms with Crippen molar-refractivity contribution in [1.29, 1.82) is 0 Å². The molecule has 0 radical (unpaired) electrons. The van der Waals surface area contributed by atoms with E-state index < -0.39 is 0 Å². The fraction of sp³-hybridized carbons (Fsp3) is 0.333. The summed E-state index contributed by atoms with van der Waals surface area (Å²) in [7, 11) is 6.34. The number of fused-ring (bicyclic) bond motifs is 2. The molecule has 0 spiro atoms. The zero-order valence-corrected chi connectivity index (χ0v) is 20.5. The number of hydrogen-bond donors (Lipinski definition) is 0. The van der Waals surface area contributed by atoms with Crippen LogP contribution in [-0.4, -0.2) is 63.1 Å². The lowest BCUT2D eigenvalue weighted by atomic mass is 10.0. The molecule has 35 heavy (non-hydrogen) atoms. The van der Waals surface area contributed by atoms with Gasteiger partial charge >= 0.3 is 0 Å². The van der Waals surface area contributed by atoms with Crippen LogP contribution in [-0.2, 0) is 22.4 Å². The first-order chi connectivity index (χ1) is 17.0. The number of amides is 2. The van der Waals surface area contributed by atoms with Crippen LogP contribution in [0.5, 0.6) is 23.0 Å². The molecule has 2 aromatic rings. The van der Waals surface area contributed by atoms with Gasteiger partial charge in [0.05, 0.1) is 41.3 Å². The van der Waals surface area contributed by atoms with Crippen LogP contribution >= 0.6 is 0 Å². The van der Waals surface area contributed by atoms with Gasteiger partial charge in [-0.1, -0.05) is 0 Å². The molecule has 0 saturated carbocycles. The fourth-order valence-corrected chi connectivity index (χ4v) is 4.34. The second-order valence-corrected chi connectivity index (χ2v) is 8.32. The monoisotopic (exact) mass is 478 g/mol. The Hall–Kier alpha value is -3.94. The van der Waals surface area contributed by atoms with E-state index in [9.17, 15) is 9.59 Å². The Labute approximate surface area is 205 Å². The van der Waals surface area contributed by atoms with Gasteiger partial charge in [-0.15, -0.1) is 0 Å². The molecule has 0 atom stereocenters. The predicted molar refractivity (Wildman–Crippen MR) is 133 cm³/mol. The van der Waals surface area contributed by atoms with Crippen molar-refractivity contribution in [3.8, 4) is 23.0 Å². The van der Waals surface area contributed by atoms with E-state index in [-0.39, 0.29) is 24.7 Å². The molecule has 0 N–H and O–H groups in total. The van der Waals surface area contributed by atoms with Crippen LogP contribution < -0.4 is 18.9 Å². The molecule has 2 aromatic carbocycles. The molecule has 0 aliphatic carbocycles. The predicted octanol–water partition coefficient (Wildman–Crippen LogP) is 3.52. The number of ether oxygens (including phenoxy) is 4. The van der Waals surface area contributed by atoms with Crippen molar-refractivity contribution in [3.63, 3.8) is 0 Å². The molecule has 0 saturated heterocycles. The number of rotatable bonds is 8. The maximum absolute atomic E-state index is 12.9. The number of carbonyl (C=O) groups excluding carboxylic acids is 2. The van der Waals surface area contributed by atoms with Gasteiger partial charge in [0.25, 0.3) is 0 Å². The summed E-state index contributed by atoms with van der Waals surface area (Å²) in [5.74, 6) is 2.44. The van der Waals surface area contributed by atoms with E-state index in [2.05, 4.69) is 0 Å². The molecule has 0 unspecified atom stereocenters. The summed E-state index contributed by atoms with van der Waals surface area (Å²) in [5.41, 5.74) is 3.63. The molecule has 0 aromatic heterocycles. The quantitative estimate of drug-likeness (QED) is 0.578. The topological polar surface area (TPSA) is 77.5 Å². The minimum atomic E-state index is -0.00319. The van der Waals surface area contributed by atoms with Gasteiger partial charge in [0.1, 0.15) is 0 Å². The van der Waals surface area contributed by atoms with E-state index >= 15 is 0 Å². The molecule has 2 amide bonds. The zero-order chi connectivity index (χ0) is 24.9. The van der Waals surface area contributed by atoms with E-state index in [1.807, 2.05) is 36.4 Å². The summed E-state index contributed by atoms with van der Waals surface area (Å²) >= 11 is 0. The van der Waals surface area contributed by atoms with Crippen molar-refractivity contribution in [2.75, 3.05) is 41.5 Å². The molecule has 8 nitrogen and oxygen atoms in total. The third kappa shape index (κ3) is 5.11. The third-order valence-corrected chi connectivity index (χ3v) is 6.28. The molecule has 8 heteroatoms. The highest BCUT2D eigenvalue weighted by Crippen LogP contribution is 2.34. The minimum absolute atomic E-state index is 0.00319. The second-order valence-electron chi connectivity index (χ2n) is 8.32. The molecular weight excluding hydrogens is 448 g/mol. The molecule has 0 bridgehead atoms. The zero-order valence-electron chi connectivity index (χ0n) is 20.5. The third-order valence-electron chi connectivity index (χ3n) is 6.28. The van der Waals surface area contributed by atoms with Gasteiger partial charge in [-0.2, -0.15) is 0 Å². The van der Waals surface area contributed by atoms with Crippen molar-refractivity contribution >= 4 is 24.0 Å². The van der Waals surface area contributed by atoms with Gasteiger partial charge in [0, 0.05) is 25.5 Å². The van der Waals surface area contributed by atoms with Crippen LogP contribution in [0, 0.1) is 0 Å². The first-order valence-electron chi connectivity index (χ1n) is 11.4. The summed E-state index contributed by atoms with van der Waals surface area (Å²) in [5, 5.41) is 0. The number of carbonyl (C=O) groups is 2. The van der Waals surface area contributed by atoms with Crippen molar-refractivity contribution in [2.45, 2.75) is 19.3 Å². The van der Waals surface area contributed by atoms with Crippen LogP contribution in [0.15, 0.2) is 36.7 Å². The lowest BCUT2D eigenvalue weighted by Crippen LogP contribution is -2.32. The average Bonchev–Trinajstić information content (AvgIpc) is 3.12. The highest BCUT2D eigenvalue weighted by atomic mass is 16.5. The van der Waals surface area contributed by atoms with Gasteiger partial charge in [-0.3, -0.25) is 9.59 Å². The Morgan fingerprint density at radius 1 is 0.629 bits per heavy atom. The van der Waals surface area contributed by atoms with E-state index in [0.717, 1.165) is 22.3 Å². The maximum Gasteiger partial charge on any atom is 0.230 e. The van der Waals surface area contributed by atoms with Gasteiger partial charge in [-0.05, 0) is 65.1 Å². The summed E-state index contributed by atoms with van der Waals surface area (Å²) < 4.78 is 21.5. The van der Waals surface area contributed by atoms with Gasteiger partial charge in [0.2, 0.25) is 11.8 Å². The maximum atomic E-state index is 12.9. The average molecular weight is 479 g/mol. The lowest BCUT2D eigenvalue weighted by Gasteiger charge is -2.21. The molecular formula is C27H30N2O6. The number of benzene rings is 2. The Kier molecular flexibility index (Phi) is 7.29. The van der Waals surface area contributed by atoms with Crippen molar-refractivity contribution in [3.05, 3.63) is 58.9 Å². The Bertz CT molecular complexity index is 1100. The summed E-state index contributed by atoms with van der Waals surface area (Å²) in [6, 6.07) is 7.46. The van der Waals surface area contributed by atoms with Crippen LogP contribution in [0.4, 0.5) is 0 Å². The van der Waals surface area contributed by atoms with Crippen LogP contribution in [0.2, 0.25) is 0 Å². The van der Waals surface area contributed by atoms with Crippen LogP contribution in [0.1, 0.15) is 28.7 Å². The molecule has 2 heterocycles. The standard InChI is InChI=1S/C27H30N2O6/c1-32-22-12-18-6-10-28(26(30)16-20(18)14-24(22)34-3)8-5-9-29-11-7-19-13-23(33-2)25(35-4)15-21(19)17-27(29)31/h6-7,10-15H,5,8-9,16-17H2,1-4H3. The van der Waals surface area contributed by atoms with Crippen LogP contribution in [0.25, 0.3) is 12.2 Å². The van der Waals surface area contributed by atoms with E-state index in [1.54, 1.807) is 50.6 Å². The summed E-state index contributed by atoms with van der Waals surface area (Å²) in [4.78, 5) is 29.2. The Morgan fingerprint density at radius 2 is 1.00 bits per heavy atom. The first kappa shape index (κ1) is 24.2. The van der Waals surface area contributed by atoms with Gasteiger partial charge in [-0.25, -0.2) is 0 Å². The molecule has 4 rings (SSSR count). The van der Waals surface area contributed by atoms with E-state index in [4.69, 9.17) is 18.9 Å². The SMILES string of the molecule is COc1cc2c(cc1OC)CC(=O)N(CCCN1C=Cc3cc(OC)c(OC)cc3CC1=O)C=C2. The van der Waals surface area contributed by atoms with E-state index in [0.29, 0.717) is 42.5 Å². The molecule has 2 aliphatic rings.